The lowest BCUT2D eigenvalue weighted by atomic mass is 10.2. The third-order valence-electron chi connectivity index (χ3n) is 4.78. The van der Waals surface area contributed by atoms with Crippen LogP contribution in [0.5, 0.6) is 5.75 Å². The molecule has 0 fully saturated rings. The molecule has 4 aromatic rings. The number of thioether (sulfide) groups is 1. The summed E-state index contributed by atoms with van der Waals surface area (Å²) in [6.45, 7) is 0. The Hall–Kier alpha value is -3.29. The molecule has 0 aliphatic heterocycles. The van der Waals surface area contributed by atoms with Gasteiger partial charge in [-0.2, -0.15) is 0 Å². The zero-order chi connectivity index (χ0) is 22.5. The summed E-state index contributed by atoms with van der Waals surface area (Å²) in [7, 11) is 1.55. The van der Waals surface area contributed by atoms with Gasteiger partial charge in [-0.25, -0.2) is 4.98 Å². The molecule has 0 aliphatic rings. The number of fused-ring (bicyclic) bond motifs is 1. The van der Waals surface area contributed by atoms with Crippen LogP contribution in [0.15, 0.2) is 77.6 Å². The number of methoxy groups -OCH3 is 1. The number of nitrogens with one attached hydrogen (secondary N) is 1. The Morgan fingerprint density at radius 2 is 1.78 bits per heavy atom. The van der Waals surface area contributed by atoms with E-state index in [9.17, 15) is 9.59 Å². The number of para-hydroxylation sites is 4. The molecule has 4 rings (SSSR count). The van der Waals surface area contributed by atoms with Gasteiger partial charge in [0.05, 0.1) is 45.9 Å². The molecular formula is C24H20ClN3O3S. The van der Waals surface area contributed by atoms with Gasteiger partial charge in [0, 0.05) is 0 Å². The molecule has 8 heteroatoms. The third kappa shape index (κ3) is 4.64. The van der Waals surface area contributed by atoms with E-state index >= 15 is 0 Å². The summed E-state index contributed by atoms with van der Waals surface area (Å²) >= 11 is 7.75. The minimum absolute atomic E-state index is 0.174. The molecule has 1 amide bonds. The van der Waals surface area contributed by atoms with E-state index in [1.165, 1.54) is 16.3 Å². The first-order valence-corrected chi connectivity index (χ1v) is 11.4. The molecule has 0 aliphatic carbocycles. The van der Waals surface area contributed by atoms with Gasteiger partial charge in [0.15, 0.2) is 0 Å². The predicted molar refractivity (Wildman–Crippen MR) is 130 cm³/mol. The van der Waals surface area contributed by atoms with Gasteiger partial charge in [-0.3, -0.25) is 14.2 Å². The van der Waals surface area contributed by atoms with Crippen molar-refractivity contribution >= 4 is 45.9 Å². The number of amides is 1. The van der Waals surface area contributed by atoms with E-state index in [4.69, 9.17) is 21.3 Å². The standard InChI is InChI=1S/C24H20ClN3O3S/c1-31-21-13-7-5-11-19(21)27-23(29)15-32-14-22-26-18-10-4-2-8-16(18)24(30)28(22)20-12-6-3-9-17(20)25/h2-13H,14-15H2,1H3,(H,27,29). The number of hydrogen-bond acceptors (Lipinski definition) is 5. The van der Waals surface area contributed by atoms with Gasteiger partial charge in [0.25, 0.3) is 5.56 Å². The van der Waals surface area contributed by atoms with Crippen LogP contribution >= 0.6 is 23.4 Å². The SMILES string of the molecule is COc1ccccc1NC(=O)CSCc1nc2ccccc2c(=O)n1-c1ccccc1Cl. The number of ether oxygens (including phenoxy) is 1. The van der Waals surface area contributed by atoms with Crippen molar-refractivity contribution in [3.63, 3.8) is 0 Å². The second kappa shape index (κ2) is 9.89. The fourth-order valence-electron chi connectivity index (χ4n) is 3.33. The van der Waals surface area contributed by atoms with E-state index in [-0.39, 0.29) is 17.2 Å². The summed E-state index contributed by atoms with van der Waals surface area (Å²) in [6, 6.07) is 21.6. The third-order valence-corrected chi connectivity index (χ3v) is 6.03. The zero-order valence-electron chi connectivity index (χ0n) is 17.2. The van der Waals surface area contributed by atoms with E-state index < -0.39 is 0 Å². The molecule has 162 valence electrons. The molecule has 1 N–H and O–H groups in total. The molecule has 0 bridgehead atoms. The maximum atomic E-state index is 13.3. The van der Waals surface area contributed by atoms with Crippen LogP contribution < -0.4 is 15.6 Å². The summed E-state index contributed by atoms with van der Waals surface area (Å²) < 4.78 is 6.79. The van der Waals surface area contributed by atoms with Crippen LogP contribution in [0.4, 0.5) is 5.69 Å². The van der Waals surface area contributed by atoms with Gasteiger partial charge in [0.2, 0.25) is 5.91 Å². The summed E-state index contributed by atoms with van der Waals surface area (Å²) in [5.41, 5.74) is 1.58. The van der Waals surface area contributed by atoms with Crippen molar-refractivity contribution in [2.24, 2.45) is 0 Å². The van der Waals surface area contributed by atoms with Crippen LogP contribution in [0.25, 0.3) is 16.6 Å². The summed E-state index contributed by atoms with van der Waals surface area (Å²) in [4.78, 5) is 30.4. The van der Waals surface area contributed by atoms with Gasteiger partial charge < -0.3 is 10.1 Å². The van der Waals surface area contributed by atoms with E-state index in [0.717, 1.165) is 0 Å². The second-order valence-electron chi connectivity index (χ2n) is 6.88. The lowest BCUT2D eigenvalue weighted by Crippen LogP contribution is -2.24. The van der Waals surface area contributed by atoms with Crippen LogP contribution in [0.3, 0.4) is 0 Å². The molecule has 1 aromatic heterocycles. The maximum absolute atomic E-state index is 13.3. The molecule has 32 heavy (non-hydrogen) atoms. The second-order valence-corrected chi connectivity index (χ2v) is 8.27. The number of anilines is 1. The van der Waals surface area contributed by atoms with E-state index in [1.54, 1.807) is 49.6 Å². The number of nitrogens with zero attached hydrogens (tertiary/aromatic N) is 2. The van der Waals surface area contributed by atoms with Crippen molar-refractivity contribution in [2.75, 3.05) is 18.2 Å². The fraction of sp³-hybridized carbons (Fsp3) is 0.125. The highest BCUT2D eigenvalue weighted by molar-refractivity contribution is 7.99. The minimum Gasteiger partial charge on any atom is -0.495 e. The normalized spacial score (nSPS) is 10.8. The Labute approximate surface area is 194 Å². The average molecular weight is 466 g/mol. The molecule has 0 atom stereocenters. The highest BCUT2D eigenvalue weighted by Crippen LogP contribution is 2.25. The van der Waals surface area contributed by atoms with Crippen molar-refractivity contribution in [3.05, 3.63) is 94.0 Å². The van der Waals surface area contributed by atoms with Crippen LogP contribution in [0.2, 0.25) is 5.02 Å². The first-order chi connectivity index (χ1) is 15.6. The Morgan fingerprint density at radius 3 is 2.59 bits per heavy atom. The largest absolute Gasteiger partial charge is 0.495 e. The first-order valence-electron chi connectivity index (χ1n) is 9.84. The smallest absolute Gasteiger partial charge is 0.266 e. The van der Waals surface area contributed by atoms with Gasteiger partial charge in [0.1, 0.15) is 11.6 Å². The molecule has 1 heterocycles. The van der Waals surface area contributed by atoms with Crippen molar-refractivity contribution in [1.29, 1.82) is 0 Å². The molecule has 0 saturated carbocycles. The van der Waals surface area contributed by atoms with Crippen LogP contribution in [-0.4, -0.2) is 28.3 Å². The summed E-state index contributed by atoms with van der Waals surface area (Å²) in [6.07, 6.45) is 0. The van der Waals surface area contributed by atoms with Crippen LogP contribution in [0, 0.1) is 0 Å². The van der Waals surface area contributed by atoms with Gasteiger partial charge in [-0.1, -0.05) is 48.0 Å². The fourth-order valence-corrected chi connectivity index (χ4v) is 4.28. The van der Waals surface area contributed by atoms with Crippen molar-refractivity contribution in [3.8, 4) is 11.4 Å². The predicted octanol–water partition coefficient (Wildman–Crippen LogP) is 4.92. The van der Waals surface area contributed by atoms with Crippen molar-refractivity contribution in [2.45, 2.75) is 5.75 Å². The van der Waals surface area contributed by atoms with Crippen molar-refractivity contribution < 1.29 is 9.53 Å². The molecule has 0 radical (unpaired) electrons. The monoisotopic (exact) mass is 465 g/mol. The quantitative estimate of drug-likeness (QED) is 0.419. The number of hydrogen-bond donors (Lipinski definition) is 1. The average Bonchev–Trinajstić information content (AvgIpc) is 2.80. The highest BCUT2D eigenvalue weighted by atomic mass is 35.5. The van der Waals surface area contributed by atoms with Crippen molar-refractivity contribution in [1.82, 2.24) is 9.55 Å². The van der Waals surface area contributed by atoms with Gasteiger partial charge in [-0.15, -0.1) is 11.8 Å². The van der Waals surface area contributed by atoms with Gasteiger partial charge >= 0.3 is 0 Å². The minimum atomic E-state index is -0.197. The number of carbonyl (C=O) groups is 1. The Balaban J connectivity index is 1.59. The zero-order valence-corrected chi connectivity index (χ0v) is 18.8. The molecule has 3 aromatic carbocycles. The highest BCUT2D eigenvalue weighted by Gasteiger charge is 2.15. The number of halogens is 1. The van der Waals surface area contributed by atoms with Crippen LogP contribution in [0.1, 0.15) is 5.82 Å². The first kappa shape index (κ1) is 21.9. The Bertz CT molecular complexity index is 1340. The number of carbonyl (C=O) groups excluding carboxylic acids is 1. The summed E-state index contributed by atoms with van der Waals surface area (Å²) in [5, 5.41) is 3.81. The molecule has 6 nitrogen and oxygen atoms in total. The Morgan fingerprint density at radius 1 is 1.06 bits per heavy atom. The lowest BCUT2D eigenvalue weighted by Gasteiger charge is -2.15. The van der Waals surface area contributed by atoms with Gasteiger partial charge in [-0.05, 0) is 36.4 Å². The molecule has 0 unspecified atom stereocenters. The number of aromatic nitrogens is 2. The van der Waals surface area contributed by atoms with E-state index in [2.05, 4.69) is 5.32 Å². The lowest BCUT2D eigenvalue weighted by molar-refractivity contribution is -0.113. The van der Waals surface area contributed by atoms with Crippen LogP contribution in [-0.2, 0) is 10.5 Å². The molecule has 0 saturated heterocycles. The maximum Gasteiger partial charge on any atom is 0.266 e. The topological polar surface area (TPSA) is 73.2 Å². The molecule has 0 spiro atoms. The Kier molecular flexibility index (Phi) is 6.78. The number of benzene rings is 3. The number of rotatable bonds is 7. The van der Waals surface area contributed by atoms with E-state index in [1.807, 2.05) is 30.3 Å². The summed E-state index contributed by atoms with van der Waals surface area (Å²) in [5.74, 6) is 1.48. The molecular weight excluding hydrogens is 446 g/mol. The van der Waals surface area contributed by atoms with E-state index in [0.29, 0.717) is 44.6 Å².